The third-order valence-electron chi connectivity index (χ3n) is 3.10. The van der Waals surface area contributed by atoms with Gasteiger partial charge in [-0.05, 0) is 24.3 Å². The summed E-state index contributed by atoms with van der Waals surface area (Å²) in [6, 6.07) is 13.9. The SMILES string of the molecule is CN(Cc1c(F)cccc1Cl)C(=O)CNc1ccccc1. The fourth-order valence-electron chi connectivity index (χ4n) is 1.88. The fraction of sp³-hybridized carbons (Fsp3) is 0.188. The Balaban J connectivity index is 1.94. The van der Waals surface area contributed by atoms with E-state index in [-0.39, 0.29) is 19.0 Å². The quantitative estimate of drug-likeness (QED) is 0.916. The van der Waals surface area contributed by atoms with Crippen molar-refractivity contribution in [3.05, 3.63) is 64.9 Å². The molecule has 0 saturated carbocycles. The predicted octanol–water partition coefficient (Wildman–Crippen LogP) is 3.55. The van der Waals surface area contributed by atoms with Crippen molar-refractivity contribution < 1.29 is 9.18 Å². The highest BCUT2D eigenvalue weighted by atomic mass is 35.5. The topological polar surface area (TPSA) is 32.3 Å². The van der Waals surface area contributed by atoms with Crippen LogP contribution in [0.25, 0.3) is 0 Å². The van der Waals surface area contributed by atoms with Crippen LogP contribution in [0, 0.1) is 5.82 Å². The molecule has 0 radical (unpaired) electrons. The smallest absolute Gasteiger partial charge is 0.241 e. The number of hydrogen-bond donors (Lipinski definition) is 1. The van der Waals surface area contributed by atoms with Crippen molar-refractivity contribution in [2.45, 2.75) is 6.54 Å². The van der Waals surface area contributed by atoms with E-state index in [1.165, 1.54) is 11.0 Å². The number of likely N-dealkylation sites (N-methyl/N-ethyl adjacent to an activating group) is 1. The van der Waals surface area contributed by atoms with Gasteiger partial charge in [0.2, 0.25) is 5.91 Å². The van der Waals surface area contributed by atoms with Gasteiger partial charge in [0.1, 0.15) is 5.82 Å². The standard InChI is InChI=1S/C16H16ClFN2O/c1-20(11-13-14(17)8-5-9-15(13)18)16(21)10-19-12-6-3-2-4-7-12/h2-9,19H,10-11H2,1H3. The number of nitrogens with one attached hydrogen (secondary N) is 1. The summed E-state index contributed by atoms with van der Waals surface area (Å²) in [6.07, 6.45) is 0. The van der Waals surface area contributed by atoms with Crippen LogP contribution in [0.1, 0.15) is 5.56 Å². The number of carbonyl (C=O) groups is 1. The van der Waals surface area contributed by atoms with Gasteiger partial charge in [-0.15, -0.1) is 0 Å². The summed E-state index contributed by atoms with van der Waals surface area (Å²) >= 11 is 5.96. The molecule has 21 heavy (non-hydrogen) atoms. The lowest BCUT2D eigenvalue weighted by Gasteiger charge is -2.19. The summed E-state index contributed by atoms with van der Waals surface area (Å²) < 4.78 is 13.7. The molecule has 0 atom stereocenters. The molecule has 0 bridgehead atoms. The highest BCUT2D eigenvalue weighted by Gasteiger charge is 2.14. The molecular formula is C16H16ClFN2O. The van der Waals surface area contributed by atoms with Crippen LogP contribution >= 0.6 is 11.6 Å². The minimum atomic E-state index is -0.404. The molecule has 2 aromatic carbocycles. The van der Waals surface area contributed by atoms with Gasteiger partial charge in [-0.3, -0.25) is 4.79 Å². The van der Waals surface area contributed by atoms with Gasteiger partial charge in [-0.2, -0.15) is 0 Å². The zero-order valence-corrected chi connectivity index (χ0v) is 12.4. The van der Waals surface area contributed by atoms with Gasteiger partial charge < -0.3 is 10.2 Å². The molecule has 0 fully saturated rings. The molecule has 110 valence electrons. The summed E-state index contributed by atoms with van der Waals surface area (Å²) in [6.45, 7) is 0.285. The van der Waals surface area contributed by atoms with E-state index < -0.39 is 5.82 Å². The van der Waals surface area contributed by atoms with Crippen LogP contribution in [-0.4, -0.2) is 24.4 Å². The number of anilines is 1. The average Bonchev–Trinajstić information content (AvgIpc) is 2.49. The van der Waals surface area contributed by atoms with Gasteiger partial charge in [0, 0.05) is 29.9 Å². The molecule has 2 aromatic rings. The molecule has 0 aliphatic rings. The molecule has 3 nitrogen and oxygen atoms in total. The van der Waals surface area contributed by atoms with Crippen molar-refractivity contribution in [3.8, 4) is 0 Å². The Hall–Kier alpha value is -2.07. The van der Waals surface area contributed by atoms with Crippen LogP contribution in [0.15, 0.2) is 48.5 Å². The Kier molecular flexibility index (Phi) is 5.17. The maximum Gasteiger partial charge on any atom is 0.241 e. The Morgan fingerprint density at radius 3 is 2.57 bits per heavy atom. The third kappa shape index (κ3) is 4.20. The lowest BCUT2D eigenvalue weighted by atomic mass is 10.2. The molecule has 0 spiro atoms. The molecule has 0 aliphatic carbocycles. The molecule has 1 amide bonds. The first kappa shape index (κ1) is 15.3. The third-order valence-corrected chi connectivity index (χ3v) is 3.45. The van der Waals surface area contributed by atoms with Crippen molar-refractivity contribution in [1.82, 2.24) is 4.90 Å². The maximum atomic E-state index is 13.7. The van der Waals surface area contributed by atoms with Crippen LogP contribution in [0.2, 0.25) is 5.02 Å². The van der Waals surface area contributed by atoms with E-state index in [0.717, 1.165) is 5.69 Å². The van der Waals surface area contributed by atoms with Crippen LogP contribution in [-0.2, 0) is 11.3 Å². The average molecular weight is 307 g/mol. The molecule has 1 N–H and O–H groups in total. The molecule has 0 aromatic heterocycles. The van der Waals surface area contributed by atoms with E-state index in [2.05, 4.69) is 5.32 Å². The monoisotopic (exact) mass is 306 g/mol. The van der Waals surface area contributed by atoms with Gasteiger partial charge in [0.25, 0.3) is 0 Å². The fourth-order valence-corrected chi connectivity index (χ4v) is 2.10. The predicted molar refractivity (Wildman–Crippen MR) is 82.8 cm³/mol. The Labute approximate surface area is 128 Å². The van der Waals surface area contributed by atoms with Crippen LogP contribution in [0.4, 0.5) is 10.1 Å². The number of carbonyl (C=O) groups excluding carboxylic acids is 1. The van der Waals surface area contributed by atoms with E-state index in [9.17, 15) is 9.18 Å². The van der Waals surface area contributed by atoms with Crippen molar-refractivity contribution in [1.29, 1.82) is 0 Å². The number of para-hydroxylation sites is 1. The van der Waals surface area contributed by atoms with Gasteiger partial charge in [-0.1, -0.05) is 35.9 Å². The molecule has 0 saturated heterocycles. The summed E-state index contributed by atoms with van der Waals surface area (Å²) in [5.41, 5.74) is 1.19. The number of benzene rings is 2. The first-order valence-electron chi connectivity index (χ1n) is 6.53. The molecular weight excluding hydrogens is 291 g/mol. The highest BCUT2D eigenvalue weighted by molar-refractivity contribution is 6.31. The molecule has 0 heterocycles. The zero-order valence-electron chi connectivity index (χ0n) is 11.6. The van der Waals surface area contributed by atoms with Gasteiger partial charge in [-0.25, -0.2) is 4.39 Å². The van der Waals surface area contributed by atoms with E-state index in [1.807, 2.05) is 30.3 Å². The van der Waals surface area contributed by atoms with Gasteiger partial charge in [0.05, 0.1) is 6.54 Å². The van der Waals surface area contributed by atoms with E-state index in [0.29, 0.717) is 10.6 Å². The van der Waals surface area contributed by atoms with Crippen LogP contribution in [0.5, 0.6) is 0 Å². The van der Waals surface area contributed by atoms with Crippen LogP contribution < -0.4 is 5.32 Å². The van der Waals surface area contributed by atoms with Gasteiger partial charge >= 0.3 is 0 Å². The second-order valence-electron chi connectivity index (χ2n) is 4.67. The molecule has 0 aliphatic heterocycles. The second kappa shape index (κ2) is 7.09. The van der Waals surface area contributed by atoms with Gasteiger partial charge in [0.15, 0.2) is 0 Å². The highest BCUT2D eigenvalue weighted by Crippen LogP contribution is 2.20. The van der Waals surface area contributed by atoms with Crippen molar-refractivity contribution >= 4 is 23.2 Å². The maximum absolute atomic E-state index is 13.7. The molecule has 2 rings (SSSR count). The summed E-state index contributed by atoms with van der Waals surface area (Å²) in [5.74, 6) is -0.545. The Morgan fingerprint density at radius 2 is 1.90 bits per heavy atom. The molecule has 5 heteroatoms. The summed E-state index contributed by atoms with van der Waals surface area (Å²) in [4.78, 5) is 13.5. The minimum Gasteiger partial charge on any atom is -0.376 e. The number of amides is 1. The van der Waals surface area contributed by atoms with E-state index in [1.54, 1.807) is 19.2 Å². The van der Waals surface area contributed by atoms with E-state index in [4.69, 9.17) is 11.6 Å². The number of rotatable bonds is 5. The largest absolute Gasteiger partial charge is 0.376 e. The number of halogens is 2. The van der Waals surface area contributed by atoms with Crippen molar-refractivity contribution in [2.24, 2.45) is 0 Å². The zero-order chi connectivity index (χ0) is 15.2. The number of hydrogen-bond acceptors (Lipinski definition) is 2. The Morgan fingerprint density at radius 1 is 1.19 bits per heavy atom. The first-order valence-corrected chi connectivity index (χ1v) is 6.91. The molecule has 0 unspecified atom stereocenters. The van der Waals surface area contributed by atoms with Crippen molar-refractivity contribution in [3.63, 3.8) is 0 Å². The summed E-state index contributed by atoms with van der Waals surface area (Å²) in [7, 11) is 1.62. The summed E-state index contributed by atoms with van der Waals surface area (Å²) in [5, 5.41) is 3.35. The first-order chi connectivity index (χ1) is 10.1. The van der Waals surface area contributed by atoms with Crippen molar-refractivity contribution in [2.75, 3.05) is 18.9 Å². The van der Waals surface area contributed by atoms with E-state index >= 15 is 0 Å². The van der Waals surface area contributed by atoms with Crippen LogP contribution in [0.3, 0.4) is 0 Å². The minimum absolute atomic E-state index is 0.140. The second-order valence-corrected chi connectivity index (χ2v) is 5.08. The lowest BCUT2D eigenvalue weighted by Crippen LogP contribution is -2.32. The lowest BCUT2D eigenvalue weighted by molar-refractivity contribution is -0.128. The normalized spacial score (nSPS) is 10.2. The Bertz CT molecular complexity index is 599. The number of nitrogens with zero attached hydrogens (tertiary/aromatic N) is 1.